The van der Waals surface area contributed by atoms with Gasteiger partial charge in [-0.15, -0.1) is 0 Å². The molecule has 0 bridgehead atoms. The van der Waals surface area contributed by atoms with Gasteiger partial charge in [0, 0.05) is 18.4 Å². The first-order chi connectivity index (χ1) is 6.83. The predicted octanol–water partition coefficient (Wildman–Crippen LogP) is 0.955. The summed E-state index contributed by atoms with van der Waals surface area (Å²) >= 11 is 0. The van der Waals surface area contributed by atoms with E-state index in [1.165, 1.54) is 6.26 Å². The van der Waals surface area contributed by atoms with Crippen LogP contribution >= 0.6 is 0 Å². The normalized spacial score (nSPS) is 13.1. The summed E-state index contributed by atoms with van der Waals surface area (Å²) in [5, 5.41) is 0. The number of ether oxygens (including phenoxy) is 1. The number of hydrogen-bond acceptors (Lipinski definition) is 4. The molecule has 0 unspecified atom stereocenters. The smallest absolute Gasteiger partial charge is 0.147 e. The van der Waals surface area contributed by atoms with E-state index in [9.17, 15) is 8.42 Å². The number of rotatable bonds is 8. The minimum atomic E-state index is -2.86. The molecule has 0 heterocycles. The first-order valence-corrected chi connectivity index (χ1v) is 7.43. The maximum Gasteiger partial charge on any atom is 0.147 e. The highest BCUT2D eigenvalue weighted by Crippen LogP contribution is 2.11. The van der Waals surface area contributed by atoms with Crippen LogP contribution in [-0.4, -0.2) is 39.2 Å². The van der Waals surface area contributed by atoms with E-state index in [1.54, 1.807) is 0 Å². The van der Waals surface area contributed by atoms with Gasteiger partial charge in [0.15, 0.2) is 0 Å². The first kappa shape index (κ1) is 14.9. The van der Waals surface area contributed by atoms with Crippen molar-refractivity contribution in [3.8, 4) is 0 Å². The molecule has 0 aliphatic heterocycles. The predicted molar refractivity (Wildman–Crippen MR) is 62.6 cm³/mol. The molecular formula is C10H23NO3S. The molecule has 0 fully saturated rings. The Morgan fingerprint density at radius 1 is 1.27 bits per heavy atom. The third-order valence-corrected chi connectivity index (χ3v) is 3.63. The van der Waals surface area contributed by atoms with Gasteiger partial charge in [0.1, 0.15) is 9.84 Å². The van der Waals surface area contributed by atoms with Crippen LogP contribution < -0.4 is 5.73 Å². The molecule has 0 aliphatic carbocycles. The molecule has 0 radical (unpaired) electrons. The van der Waals surface area contributed by atoms with Gasteiger partial charge in [0.05, 0.1) is 12.4 Å². The zero-order valence-electron chi connectivity index (χ0n) is 9.95. The van der Waals surface area contributed by atoms with E-state index in [4.69, 9.17) is 10.5 Å². The van der Waals surface area contributed by atoms with Gasteiger partial charge in [-0.05, 0) is 19.3 Å². The van der Waals surface area contributed by atoms with Crippen LogP contribution in [-0.2, 0) is 14.6 Å². The fourth-order valence-corrected chi connectivity index (χ4v) is 1.79. The largest absolute Gasteiger partial charge is 0.380 e. The second-order valence-corrected chi connectivity index (χ2v) is 6.37. The summed E-state index contributed by atoms with van der Waals surface area (Å²) in [6.45, 7) is 5.03. The van der Waals surface area contributed by atoms with Crippen LogP contribution in [0.5, 0.6) is 0 Å². The Hall–Kier alpha value is -0.130. The van der Waals surface area contributed by atoms with Gasteiger partial charge >= 0.3 is 0 Å². The summed E-state index contributed by atoms with van der Waals surface area (Å²) < 4.78 is 27.0. The van der Waals surface area contributed by atoms with Gasteiger partial charge in [-0.2, -0.15) is 0 Å². The fraction of sp³-hybridized carbons (Fsp3) is 1.00. The van der Waals surface area contributed by atoms with Crippen molar-refractivity contribution in [1.29, 1.82) is 0 Å². The van der Waals surface area contributed by atoms with Crippen LogP contribution in [0, 0.1) is 0 Å². The van der Waals surface area contributed by atoms with Crippen molar-refractivity contribution in [3.05, 3.63) is 0 Å². The molecule has 5 heteroatoms. The van der Waals surface area contributed by atoms with Crippen molar-refractivity contribution in [1.82, 2.24) is 0 Å². The molecule has 0 aromatic heterocycles. The second-order valence-electron chi connectivity index (χ2n) is 4.11. The van der Waals surface area contributed by atoms with Crippen molar-refractivity contribution in [3.63, 3.8) is 0 Å². The molecule has 0 spiro atoms. The Morgan fingerprint density at radius 3 is 2.20 bits per heavy atom. The summed E-state index contributed by atoms with van der Waals surface area (Å²) in [7, 11) is -2.86. The quantitative estimate of drug-likeness (QED) is 0.638. The van der Waals surface area contributed by atoms with E-state index in [-0.39, 0.29) is 11.3 Å². The lowest BCUT2D eigenvalue weighted by Crippen LogP contribution is -2.43. The lowest BCUT2D eigenvalue weighted by atomic mass is 9.96. The van der Waals surface area contributed by atoms with E-state index in [1.807, 2.05) is 13.8 Å². The van der Waals surface area contributed by atoms with Crippen LogP contribution in [0.3, 0.4) is 0 Å². The standard InChI is InChI=1S/C10H23NO3S/c1-4-10(11,5-2)9-14-7-6-8-15(3,12)13/h4-9,11H2,1-3H3. The minimum absolute atomic E-state index is 0.183. The minimum Gasteiger partial charge on any atom is -0.380 e. The van der Waals surface area contributed by atoms with Gasteiger partial charge in [0.25, 0.3) is 0 Å². The molecule has 92 valence electrons. The fourth-order valence-electron chi connectivity index (χ4n) is 1.15. The molecule has 0 aromatic carbocycles. The first-order valence-electron chi connectivity index (χ1n) is 5.37. The van der Waals surface area contributed by atoms with Crippen LogP contribution in [0.25, 0.3) is 0 Å². The van der Waals surface area contributed by atoms with Crippen molar-refractivity contribution >= 4 is 9.84 Å². The van der Waals surface area contributed by atoms with Gasteiger partial charge in [-0.3, -0.25) is 0 Å². The Kier molecular flexibility index (Phi) is 6.40. The van der Waals surface area contributed by atoms with Crippen molar-refractivity contribution in [2.24, 2.45) is 5.73 Å². The Balaban J connectivity index is 3.63. The monoisotopic (exact) mass is 237 g/mol. The topological polar surface area (TPSA) is 69.4 Å². The van der Waals surface area contributed by atoms with Gasteiger partial charge < -0.3 is 10.5 Å². The molecule has 15 heavy (non-hydrogen) atoms. The molecule has 2 N–H and O–H groups in total. The third-order valence-electron chi connectivity index (χ3n) is 2.60. The Bertz CT molecular complexity index is 258. The molecule has 4 nitrogen and oxygen atoms in total. The number of hydrogen-bond donors (Lipinski definition) is 1. The van der Waals surface area contributed by atoms with E-state index in [2.05, 4.69) is 0 Å². The van der Waals surface area contributed by atoms with Gasteiger partial charge in [0.2, 0.25) is 0 Å². The molecular weight excluding hydrogens is 214 g/mol. The lowest BCUT2D eigenvalue weighted by Gasteiger charge is -2.26. The zero-order chi connectivity index (χ0) is 11.9. The van der Waals surface area contributed by atoms with Crippen LogP contribution in [0.15, 0.2) is 0 Å². The molecule has 0 amide bonds. The highest BCUT2D eigenvalue weighted by atomic mass is 32.2. The summed E-state index contributed by atoms with van der Waals surface area (Å²) in [5.74, 6) is 0.183. The van der Waals surface area contributed by atoms with Crippen LogP contribution in [0.2, 0.25) is 0 Å². The molecule has 0 rings (SSSR count). The SMILES string of the molecule is CCC(N)(CC)COCCCS(C)(=O)=O. The summed E-state index contributed by atoms with van der Waals surface area (Å²) in [4.78, 5) is 0. The Labute approximate surface area is 93.1 Å². The van der Waals surface area contributed by atoms with Crippen LogP contribution in [0.1, 0.15) is 33.1 Å². The van der Waals surface area contributed by atoms with Crippen molar-refractivity contribution < 1.29 is 13.2 Å². The second kappa shape index (κ2) is 6.45. The van der Waals surface area contributed by atoms with E-state index in [0.717, 1.165) is 12.8 Å². The highest BCUT2D eigenvalue weighted by molar-refractivity contribution is 7.90. The third kappa shape index (κ3) is 7.76. The van der Waals surface area contributed by atoms with Crippen LogP contribution in [0.4, 0.5) is 0 Å². The van der Waals surface area contributed by atoms with Crippen molar-refractivity contribution in [2.45, 2.75) is 38.6 Å². The van der Waals surface area contributed by atoms with Crippen molar-refractivity contribution in [2.75, 3.05) is 25.2 Å². The zero-order valence-corrected chi connectivity index (χ0v) is 10.8. The number of sulfone groups is 1. The summed E-state index contributed by atoms with van der Waals surface area (Å²) in [6.07, 6.45) is 3.52. The van der Waals surface area contributed by atoms with E-state index >= 15 is 0 Å². The van der Waals surface area contributed by atoms with E-state index in [0.29, 0.717) is 19.6 Å². The average Bonchev–Trinajstić information content (AvgIpc) is 2.15. The maximum absolute atomic E-state index is 10.8. The number of nitrogens with two attached hydrogens (primary N) is 1. The van der Waals surface area contributed by atoms with Gasteiger partial charge in [-0.1, -0.05) is 13.8 Å². The Morgan fingerprint density at radius 2 is 1.80 bits per heavy atom. The summed E-state index contributed by atoms with van der Waals surface area (Å²) in [5.41, 5.74) is 5.76. The molecule has 0 saturated heterocycles. The molecule has 0 aliphatic rings. The highest BCUT2D eigenvalue weighted by Gasteiger charge is 2.19. The summed E-state index contributed by atoms with van der Waals surface area (Å²) in [6, 6.07) is 0. The molecule has 0 aromatic rings. The van der Waals surface area contributed by atoms with Gasteiger partial charge in [-0.25, -0.2) is 8.42 Å². The maximum atomic E-state index is 10.8. The lowest BCUT2D eigenvalue weighted by molar-refractivity contribution is 0.0818. The van der Waals surface area contributed by atoms with E-state index < -0.39 is 9.84 Å². The molecule has 0 saturated carbocycles. The molecule has 0 atom stereocenters. The average molecular weight is 237 g/mol.